The van der Waals surface area contributed by atoms with Gasteiger partial charge in [0.15, 0.2) is 0 Å². The van der Waals surface area contributed by atoms with Crippen LogP contribution in [0.1, 0.15) is 26.5 Å². The molecule has 80 valence electrons. The van der Waals surface area contributed by atoms with Crippen LogP contribution in [-0.4, -0.2) is 28.1 Å². The van der Waals surface area contributed by atoms with Crippen molar-refractivity contribution in [2.24, 2.45) is 5.73 Å². The highest BCUT2D eigenvalue weighted by atomic mass is 15.4. The molecule has 1 heterocycles. The molecule has 0 radical (unpaired) electrons. The molecule has 0 aliphatic rings. The molecule has 0 aliphatic carbocycles. The van der Waals surface area contributed by atoms with Crippen molar-refractivity contribution in [1.82, 2.24) is 20.3 Å². The minimum Gasteiger partial charge on any atom is -0.329 e. The molecule has 0 saturated heterocycles. The molecule has 5 heteroatoms. The summed E-state index contributed by atoms with van der Waals surface area (Å²) in [6.07, 6.45) is 1.96. The molecule has 0 saturated carbocycles. The van der Waals surface area contributed by atoms with Gasteiger partial charge in [-0.1, -0.05) is 5.21 Å². The Labute approximate surface area is 84.7 Å². The van der Waals surface area contributed by atoms with E-state index in [1.165, 1.54) is 0 Å². The quantitative estimate of drug-likeness (QED) is 0.671. The topological polar surface area (TPSA) is 68.8 Å². The number of nitrogens with one attached hydrogen (secondary N) is 1. The lowest BCUT2D eigenvalue weighted by Gasteiger charge is -2.17. The van der Waals surface area contributed by atoms with Crippen LogP contribution in [0.3, 0.4) is 0 Å². The summed E-state index contributed by atoms with van der Waals surface area (Å²) in [4.78, 5) is 0. The van der Waals surface area contributed by atoms with E-state index in [2.05, 4.69) is 36.4 Å². The van der Waals surface area contributed by atoms with E-state index in [1.54, 1.807) is 0 Å². The monoisotopic (exact) mass is 197 g/mol. The predicted octanol–water partition coefficient (Wildman–Crippen LogP) is 0.0814. The summed E-state index contributed by atoms with van der Waals surface area (Å²) in [6.45, 7) is 8.47. The van der Waals surface area contributed by atoms with Gasteiger partial charge >= 0.3 is 0 Å². The van der Waals surface area contributed by atoms with Crippen molar-refractivity contribution >= 4 is 0 Å². The average Bonchev–Trinajstić information content (AvgIpc) is 2.52. The first-order valence-corrected chi connectivity index (χ1v) is 4.86. The Balaban J connectivity index is 2.51. The zero-order valence-corrected chi connectivity index (χ0v) is 9.12. The van der Waals surface area contributed by atoms with E-state index in [0.29, 0.717) is 6.54 Å². The molecule has 0 aliphatic heterocycles. The second-order valence-corrected chi connectivity index (χ2v) is 4.29. The standard InChI is InChI=1S/C9H19N5/c1-9(2,3)14-7-8(12-13-14)6-11-5-4-10/h7,11H,4-6,10H2,1-3H3. The van der Waals surface area contributed by atoms with Crippen molar-refractivity contribution in [3.8, 4) is 0 Å². The highest BCUT2D eigenvalue weighted by molar-refractivity contribution is 4.93. The summed E-state index contributed by atoms with van der Waals surface area (Å²) in [5, 5.41) is 11.3. The highest BCUT2D eigenvalue weighted by Gasteiger charge is 2.14. The van der Waals surface area contributed by atoms with E-state index in [-0.39, 0.29) is 5.54 Å². The highest BCUT2D eigenvalue weighted by Crippen LogP contribution is 2.11. The minimum absolute atomic E-state index is 0.000876. The summed E-state index contributed by atoms with van der Waals surface area (Å²) < 4.78 is 1.87. The van der Waals surface area contributed by atoms with Gasteiger partial charge in [0.2, 0.25) is 0 Å². The van der Waals surface area contributed by atoms with Gasteiger partial charge in [-0.2, -0.15) is 0 Å². The Hall–Kier alpha value is -0.940. The number of hydrogen-bond donors (Lipinski definition) is 2. The molecule has 1 aromatic rings. The largest absolute Gasteiger partial charge is 0.329 e. The van der Waals surface area contributed by atoms with Gasteiger partial charge in [-0.25, -0.2) is 4.68 Å². The summed E-state index contributed by atoms with van der Waals surface area (Å²) in [6, 6.07) is 0. The fraction of sp³-hybridized carbons (Fsp3) is 0.778. The third-order valence-electron chi connectivity index (χ3n) is 1.86. The minimum atomic E-state index is -0.000876. The molecule has 1 aromatic heterocycles. The molecule has 5 nitrogen and oxygen atoms in total. The molecule has 0 spiro atoms. The predicted molar refractivity (Wildman–Crippen MR) is 55.8 cm³/mol. The van der Waals surface area contributed by atoms with Gasteiger partial charge in [0.05, 0.1) is 17.4 Å². The maximum Gasteiger partial charge on any atom is 0.0965 e. The zero-order valence-electron chi connectivity index (χ0n) is 9.12. The second-order valence-electron chi connectivity index (χ2n) is 4.29. The third-order valence-corrected chi connectivity index (χ3v) is 1.86. The molecular weight excluding hydrogens is 178 g/mol. The molecule has 1 rings (SSSR count). The first kappa shape index (κ1) is 11.1. The maximum atomic E-state index is 5.36. The fourth-order valence-corrected chi connectivity index (χ4v) is 1.03. The van der Waals surface area contributed by atoms with E-state index in [4.69, 9.17) is 5.73 Å². The van der Waals surface area contributed by atoms with Crippen LogP contribution in [0.5, 0.6) is 0 Å². The van der Waals surface area contributed by atoms with E-state index in [1.807, 2.05) is 10.9 Å². The van der Waals surface area contributed by atoms with Gasteiger partial charge in [0.1, 0.15) is 0 Å². The summed E-state index contributed by atoms with van der Waals surface area (Å²) in [7, 11) is 0. The lowest BCUT2D eigenvalue weighted by Crippen LogP contribution is -2.23. The van der Waals surface area contributed by atoms with Gasteiger partial charge in [-0.3, -0.25) is 0 Å². The summed E-state index contributed by atoms with van der Waals surface area (Å²) >= 11 is 0. The van der Waals surface area contributed by atoms with Gasteiger partial charge < -0.3 is 11.1 Å². The third kappa shape index (κ3) is 3.08. The van der Waals surface area contributed by atoms with Crippen LogP contribution in [0.25, 0.3) is 0 Å². The number of nitrogens with two attached hydrogens (primary N) is 1. The van der Waals surface area contributed by atoms with Crippen LogP contribution in [0.15, 0.2) is 6.20 Å². The molecule has 3 N–H and O–H groups in total. The molecule has 14 heavy (non-hydrogen) atoms. The smallest absolute Gasteiger partial charge is 0.0965 e. The Morgan fingerprint density at radius 3 is 2.71 bits per heavy atom. The molecule has 0 bridgehead atoms. The van der Waals surface area contributed by atoms with Gasteiger partial charge in [-0.15, -0.1) is 5.10 Å². The van der Waals surface area contributed by atoms with Crippen LogP contribution >= 0.6 is 0 Å². The van der Waals surface area contributed by atoms with E-state index in [9.17, 15) is 0 Å². The molecule has 0 aromatic carbocycles. The Kier molecular flexibility index (Phi) is 3.60. The van der Waals surface area contributed by atoms with Crippen LogP contribution in [0.4, 0.5) is 0 Å². The van der Waals surface area contributed by atoms with Crippen molar-refractivity contribution < 1.29 is 0 Å². The van der Waals surface area contributed by atoms with Crippen LogP contribution in [-0.2, 0) is 12.1 Å². The van der Waals surface area contributed by atoms with Gasteiger partial charge in [-0.05, 0) is 20.8 Å². The maximum absolute atomic E-state index is 5.36. The van der Waals surface area contributed by atoms with Gasteiger partial charge in [0.25, 0.3) is 0 Å². The first-order chi connectivity index (χ1) is 6.54. The lowest BCUT2D eigenvalue weighted by molar-refractivity contribution is 0.347. The molecular formula is C9H19N5. The molecule has 0 atom stereocenters. The number of nitrogens with zero attached hydrogens (tertiary/aromatic N) is 3. The summed E-state index contributed by atoms with van der Waals surface area (Å²) in [5.41, 5.74) is 6.31. The van der Waals surface area contributed by atoms with Crippen molar-refractivity contribution in [2.75, 3.05) is 13.1 Å². The Morgan fingerprint density at radius 1 is 1.50 bits per heavy atom. The SMILES string of the molecule is CC(C)(C)n1cc(CNCCN)nn1. The van der Waals surface area contributed by atoms with Crippen molar-refractivity contribution in [3.63, 3.8) is 0 Å². The van der Waals surface area contributed by atoms with Crippen molar-refractivity contribution in [3.05, 3.63) is 11.9 Å². The van der Waals surface area contributed by atoms with Gasteiger partial charge in [0, 0.05) is 19.6 Å². The number of rotatable bonds is 4. The van der Waals surface area contributed by atoms with E-state index >= 15 is 0 Å². The summed E-state index contributed by atoms with van der Waals surface area (Å²) in [5.74, 6) is 0. The molecule has 0 amide bonds. The van der Waals surface area contributed by atoms with Crippen LogP contribution in [0, 0.1) is 0 Å². The van der Waals surface area contributed by atoms with E-state index < -0.39 is 0 Å². The van der Waals surface area contributed by atoms with E-state index in [0.717, 1.165) is 18.8 Å². The van der Waals surface area contributed by atoms with Crippen LogP contribution in [0.2, 0.25) is 0 Å². The van der Waals surface area contributed by atoms with Crippen molar-refractivity contribution in [2.45, 2.75) is 32.9 Å². The number of aromatic nitrogens is 3. The Morgan fingerprint density at radius 2 is 2.21 bits per heavy atom. The molecule has 0 fully saturated rings. The van der Waals surface area contributed by atoms with Crippen LogP contribution < -0.4 is 11.1 Å². The molecule has 0 unspecified atom stereocenters. The Bertz CT molecular complexity index is 273. The average molecular weight is 197 g/mol. The lowest BCUT2D eigenvalue weighted by atomic mass is 10.1. The zero-order chi connectivity index (χ0) is 10.6. The number of hydrogen-bond acceptors (Lipinski definition) is 4. The first-order valence-electron chi connectivity index (χ1n) is 4.86. The fourth-order valence-electron chi connectivity index (χ4n) is 1.03. The normalized spacial score (nSPS) is 12.0. The van der Waals surface area contributed by atoms with Crippen molar-refractivity contribution in [1.29, 1.82) is 0 Å². The second kappa shape index (κ2) is 4.52.